The Morgan fingerprint density at radius 3 is 2.38 bits per heavy atom. The highest BCUT2D eigenvalue weighted by Gasteiger charge is 2.41. The lowest BCUT2D eigenvalue weighted by Gasteiger charge is -2.21. The summed E-state index contributed by atoms with van der Waals surface area (Å²) in [5.41, 5.74) is 0. The van der Waals surface area contributed by atoms with Crippen LogP contribution >= 0.6 is 0 Å². The number of hydrogen-bond donors (Lipinski definition) is 2. The summed E-state index contributed by atoms with van der Waals surface area (Å²) in [6.07, 6.45) is 10.2. The molecule has 3 aliphatic rings. The monoisotopic (exact) mass is 222 g/mol. The predicted molar refractivity (Wildman–Crippen MR) is 67.4 cm³/mol. The third-order valence-corrected chi connectivity index (χ3v) is 4.67. The van der Waals surface area contributed by atoms with Crippen molar-refractivity contribution in [1.29, 1.82) is 0 Å². The molecule has 2 nitrogen and oxygen atoms in total. The summed E-state index contributed by atoms with van der Waals surface area (Å²) in [6.45, 7) is 3.77. The van der Waals surface area contributed by atoms with E-state index in [-0.39, 0.29) is 0 Å². The molecule has 1 unspecified atom stereocenters. The van der Waals surface area contributed by atoms with Gasteiger partial charge in [-0.2, -0.15) is 0 Å². The van der Waals surface area contributed by atoms with Crippen LogP contribution in [0.3, 0.4) is 0 Å². The van der Waals surface area contributed by atoms with Crippen LogP contribution < -0.4 is 10.6 Å². The summed E-state index contributed by atoms with van der Waals surface area (Å²) < 4.78 is 0. The Kier molecular flexibility index (Phi) is 3.49. The Morgan fingerprint density at radius 1 is 0.938 bits per heavy atom. The SMILES string of the molecule is C1CNCCC(NCC(C2CC2)C2CC2)C1. The van der Waals surface area contributed by atoms with Crippen LogP contribution in [-0.4, -0.2) is 25.7 Å². The minimum atomic E-state index is 0.801. The molecule has 0 bridgehead atoms. The van der Waals surface area contributed by atoms with Crippen molar-refractivity contribution >= 4 is 0 Å². The molecule has 1 heterocycles. The zero-order chi connectivity index (χ0) is 10.8. The van der Waals surface area contributed by atoms with E-state index in [0.717, 1.165) is 23.8 Å². The molecule has 0 radical (unpaired) electrons. The minimum Gasteiger partial charge on any atom is -0.317 e. The van der Waals surface area contributed by atoms with E-state index < -0.39 is 0 Å². The van der Waals surface area contributed by atoms with Gasteiger partial charge < -0.3 is 10.6 Å². The van der Waals surface area contributed by atoms with E-state index in [1.807, 2.05) is 0 Å². The molecule has 2 saturated carbocycles. The second-order valence-electron chi connectivity index (χ2n) is 6.12. The molecule has 0 aromatic rings. The van der Waals surface area contributed by atoms with Crippen LogP contribution in [0, 0.1) is 17.8 Å². The molecule has 0 aromatic carbocycles. The molecule has 1 atom stereocenters. The molecule has 3 rings (SSSR count). The molecule has 2 aliphatic carbocycles. The lowest BCUT2D eigenvalue weighted by Crippen LogP contribution is -2.35. The van der Waals surface area contributed by atoms with Crippen molar-refractivity contribution < 1.29 is 0 Å². The highest BCUT2D eigenvalue weighted by atomic mass is 14.9. The van der Waals surface area contributed by atoms with Gasteiger partial charge in [-0.25, -0.2) is 0 Å². The fraction of sp³-hybridized carbons (Fsp3) is 1.00. The Morgan fingerprint density at radius 2 is 1.69 bits per heavy atom. The van der Waals surface area contributed by atoms with Gasteiger partial charge in [0.1, 0.15) is 0 Å². The van der Waals surface area contributed by atoms with Crippen molar-refractivity contribution in [2.75, 3.05) is 19.6 Å². The van der Waals surface area contributed by atoms with E-state index in [2.05, 4.69) is 10.6 Å². The van der Waals surface area contributed by atoms with Gasteiger partial charge in [-0.05, 0) is 82.3 Å². The van der Waals surface area contributed by atoms with E-state index >= 15 is 0 Å². The summed E-state index contributed by atoms with van der Waals surface area (Å²) in [7, 11) is 0. The summed E-state index contributed by atoms with van der Waals surface area (Å²) in [5.74, 6) is 3.24. The molecule has 92 valence electrons. The fourth-order valence-corrected chi connectivity index (χ4v) is 3.29. The first-order valence-corrected chi connectivity index (χ1v) is 7.37. The Bertz CT molecular complexity index is 201. The number of rotatable bonds is 5. The van der Waals surface area contributed by atoms with Crippen molar-refractivity contribution in [3.05, 3.63) is 0 Å². The lowest BCUT2D eigenvalue weighted by molar-refractivity contribution is 0.343. The van der Waals surface area contributed by atoms with E-state index in [9.17, 15) is 0 Å². The first kappa shape index (κ1) is 11.0. The van der Waals surface area contributed by atoms with Crippen molar-refractivity contribution in [2.45, 2.75) is 51.0 Å². The predicted octanol–water partition coefficient (Wildman–Crippen LogP) is 2.15. The molecular weight excluding hydrogens is 196 g/mol. The van der Waals surface area contributed by atoms with E-state index in [4.69, 9.17) is 0 Å². The van der Waals surface area contributed by atoms with Gasteiger partial charge in [-0.1, -0.05) is 0 Å². The third-order valence-electron chi connectivity index (χ3n) is 4.67. The average Bonchev–Trinajstić information content (AvgIpc) is 3.17. The number of nitrogens with one attached hydrogen (secondary N) is 2. The summed E-state index contributed by atoms with van der Waals surface area (Å²) in [5, 5.41) is 7.36. The Labute approximate surface area is 99.6 Å². The molecule has 1 saturated heterocycles. The molecule has 2 N–H and O–H groups in total. The van der Waals surface area contributed by atoms with Crippen molar-refractivity contribution in [3.8, 4) is 0 Å². The van der Waals surface area contributed by atoms with Crippen molar-refractivity contribution in [1.82, 2.24) is 10.6 Å². The van der Waals surface area contributed by atoms with Gasteiger partial charge >= 0.3 is 0 Å². The second-order valence-corrected chi connectivity index (χ2v) is 6.12. The zero-order valence-electron chi connectivity index (χ0n) is 10.4. The molecule has 0 aromatic heterocycles. The summed E-state index contributed by atoms with van der Waals surface area (Å²) >= 11 is 0. The molecule has 16 heavy (non-hydrogen) atoms. The van der Waals surface area contributed by atoms with Gasteiger partial charge in [-0.3, -0.25) is 0 Å². The molecule has 0 spiro atoms. The molecule has 3 fully saturated rings. The summed E-state index contributed by atoms with van der Waals surface area (Å²) in [4.78, 5) is 0. The van der Waals surface area contributed by atoms with Gasteiger partial charge in [0, 0.05) is 6.04 Å². The van der Waals surface area contributed by atoms with Crippen LogP contribution in [0.2, 0.25) is 0 Å². The van der Waals surface area contributed by atoms with Crippen LogP contribution in [0.15, 0.2) is 0 Å². The largest absolute Gasteiger partial charge is 0.317 e. The number of hydrogen-bond acceptors (Lipinski definition) is 2. The maximum Gasteiger partial charge on any atom is 0.00797 e. The van der Waals surface area contributed by atoms with Crippen LogP contribution in [0.25, 0.3) is 0 Å². The normalized spacial score (nSPS) is 31.7. The van der Waals surface area contributed by atoms with Gasteiger partial charge in [-0.15, -0.1) is 0 Å². The van der Waals surface area contributed by atoms with E-state index in [0.29, 0.717) is 0 Å². The average molecular weight is 222 g/mol. The van der Waals surface area contributed by atoms with Crippen molar-refractivity contribution in [3.63, 3.8) is 0 Å². The van der Waals surface area contributed by atoms with Crippen LogP contribution in [0.1, 0.15) is 44.9 Å². The minimum absolute atomic E-state index is 0.801. The summed E-state index contributed by atoms with van der Waals surface area (Å²) in [6, 6.07) is 0.801. The first-order chi connectivity index (χ1) is 7.93. The van der Waals surface area contributed by atoms with Crippen LogP contribution in [0.5, 0.6) is 0 Å². The highest BCUT2D eigenvalue weighted by Crippen LogP contribution is 2.48. The molecular formula is C14H26N2. The smallest absolute Gasteiger partial charge is 0.00797 e. The highest BCUT2D eigenvalue weighted by molar-refractivity contribution is 4.93. The van der Waals surface area contributed by atoms with E-state index in [1.54, 1.807) is 0 Å². The Hall–Kier alpha value is -0.0800. The van der Waals surface area contributed by atoms with Crippen LogP contribution in [-0.2, 0) is 0 Å². The molecule has 0 amide bonds. The van der Waals surface area contributed by atoms with Gasteiger partial charge in [0.15, 0.2) is 0 Å². The second kappa shape index (κ2) is 5.05. The standard InChI is InChI=1S/C14H26N2/c1-2-13(7-9-15-8-1)16-10-14(11-3-4-11)12-5-6-12/h11-16H,1-10H2. The maximum atomic E-state index is 3.86. The maximum absolute atomic E-state index is 3.86. The Balaban J connectivity index is 1.42. The fourth-order valence-electron chi connectivity index (χ4n) is 3.29. The van der Waals surface area contributed by atoms with E-state index in [1.165, 1.54) is 64.6 Å². The third kappa shape index (κ3) is 2.98. The topological polar surface area (TPSA) is 24.1 Å². The van der Waals surface area contributed by atoms with Crippen molar-refractivity contribution in [2.24, 2.45) is 17.8 Å². The van der Waals surface area contributed by atoms with Crippen LogP contribution in [0.4, 0.5) is 0 Å². The van der Waals surface area contributed by atoms with Gasteiger partial charge in [0.2, 0.25) is 0 Å². The van der Waals surface area contributed by atoms with Gasteiger partial charge in [0.05, 0.1) is 0 Å². The zero-order valence-corrected chi connectivity index (χ0v) is 10.4. The first-order valence-electron chi connectivity index (χ1n) is 7.37. The molecule has 1 aliphatic heterocycles. The van der Waals surface area contributed by atoms with Gasteiger partial charge in [0.25, 0.3) is 0 Å². The quantitative estimate of drug-likeness (QED) is 0.745. The molecule has 2 heteroatoms. The lowest BCUT2D eigenvalue weighted by atomic mass is 9.97.